The quantitative estimate of drug-likeness (QED) is 0.500. The van der Waals surface area contributed by atoms with Crippen molar-refractivity contribution in [2.24, 2.45) is 0 Å². The molecule has 2 N–H and O–H groups in total. The fourth-order valence-electron chi connectivity index (χ4n) is 0.736. The van der Waals surface area contributed by atoms with Crippen molar-refractivity contribution < 1.29 is 14.7 Å². The molecule has 0 aliphatic heterocycles. The van der Waals surface area contributed by atoms with Gasteiger partial charge in [-0.15, -0.1) is 0 Å². The van der Waals surface area contributed by atoms with Gasteiger partial charge in [-0.25, -0.2) is 4.79 Å². The number of aromatic nitrogens is 2. The fourth-order valence-corrected chi connectivity index (χ4v) is 0.736. The maximum absolute atomic E-state index is 10.5. The zero-order valence-corrected chi connectivity index (χ0v) is 6.02. The molecule has 0 aliphatic rings. The van der Waals surface area contributed by atoms with Crippen molar-refractivity contribution in [2.45, 2.75) is 0 Å². The van der Waals surface area contributed by atoms with Gasteiger partial charge in [0.2, 0.25) is 0 Å². The molecule has 12 heavy (non-hydrogen) atoms. The first-order chi connectivity index (χ1) is 5.75. The normalized spacial score (nSPS) is 10.3. The first kappa shape index (κ1) is 8.19. The van der Waals surface area contributed by atoms with Gasteiger partial charge in [0.1, 0.15) is 6.29 Å². The SMILES string of the molecule is O=CC=Cc1cn[nH]c1C(=O)O. The van der Waals surface area contributed by atoms with Gasteiger partial charge in [0.25, 0.3) is 0 Å². The Morgan fingerprint density at radius 3 is 3.00 bits per heavy atom. The molecule has 0 bridgehead atoms. The van der Waals surface area contributed by atoms with Crippen LogP contribution in [0.5, 0.6) is 0 Å². The average Bonchev–Trinajstić information content (AvgIpc) is 2.48. The summed E-state index contributed by atoms with van der Waals surface area (Å²) in [6, 6.07) is 0. The topological polar surface area (TPSA) is 83.0 Å². The molecule has 0 unspecified atom stereocenters. The molecule has 0 radical (unpaired) electrons. The second-order valence-corrected chi connectivity index (χ2v) is 2.00. The number of allylic oxidation sites excluding steroid dienone is 1. The molecule has 1 rings (SSSR count). The molecule has 0 aliphatic carbocycles. The minimum Gasteiger partial charge on any atom is -0.477 e. The monoisotopic (exact) mass is 166 g/mol. The summed E-state index contributed by atoms with van der Waals surface area (Å²) < 4.78 is 0. The number of nitrogens with one attached hydrogen (secondary N) is 1. The summed E-state index contributed by atoms with van der Waals surface area (Å²) in [5.74, 6) is -1.10. The Labute approximate surface area is 67.7 Å². The molecular formula is C7H6N2O3. The molecule has 0 saturated heterocycles. The zero-order valence-electron chi connectivity index (χ0n) is 6.02. The number of hydrogen-bond donors (Lipinski definition) is 2. The van der Waals surface area contributed by atoms with Crippen LogP contribution in [0, 0.1) is 0 Å². The van der Waals surface area contributed by atoms with E-state index in [4.69, 9.17) is 5.11 Å². The van der Waals surface area contributed by atoms with Gasteiger partial charge >= 0.3 is 5.97 Å². The summed E-state index contributed by atoms with van der Waals surface area (Å²) in [4.78, 5) is 20.4. The third-order valence-electron chi connectivity index (χ3n) is 1.24. The lowest BCUT2D eigenvalue weighted by Gasteiger charge is -1.87. The van der Waals surface area contributed by atoms with Crippen LogP contribution >= 0.6 is 0 Å². The number of carboxylic acid groups (broad SMARTS) is 1. The van der Waals surface area contributed by atoms with E-state index in [9.17, 15) is 9.59 Å². The van der Waals surface area contributed by atoms with Gasteiger partial charge in [0.15, 0.2) is 5.69 Å². The van der Waals surface area contributed by atoms with Crippen molar-refractivity contribution in [3.05, 3.63) is 23.5 Å². The van der Waals surface area contributed by atoms with Crippen LogP contribution < -0.4 is 0 Å². The van der Waals surface area contributed by atoms with Crippen molar-refractivity contribution in [2.75, 3.05) is 0 Å². The van der Waals surface area contributed by atoms with Crippen molar-refractivity contribution in [3.63, 3.8) is 0 Å². The number of nitrogens with zero attached hydrogens (tertiary/aromatic N) is 1. The van der Waals surface area contributed by atoms with E-state index in [-0.39, 0.29) is 5.69 Å². The Morgan fingerprint density at radius 2 is 2.42 bits per heavy atom. The standard InChI is InChI=1S/C7H6N2O3/c10-3-1-2-5-4-8-9-6(5)7(11)12/h1-4H,(H,8,9)(H,11,12). The van der Waals surface area contributed by atoms with Crippen molar-refractivity contribution >= 4 is 18.3 Å². The van der Waals surface area contributed by atoms with Crippen LogP contribution in [0.15, 0.2) is 12.3 Å². The molecule has 62 valence electrons. The molecule has 1 aromatic rings. The lowest BCUT2D eigenvalue weighted by molar-refractivity contribution is -0.104. The summed E-state index contributed by atoms with van der Waals surface area (Å²) in [5.41, 5.74) is 0.364. The highest BCUT2D eigenvalue weighted by Crippen LogP contribution is 2.05. The molecule has 1 aromatic heterocycles. The minimum absolute atomic E-state index is 0.0203. The summed E-state index contributed by atoms with van der Waals surface area (Å²) in [6.07, 6.45) is 4.49. The molecule has 5 heteroatoms. The summed E-state index contributed by atoms with van der Waals surface area (Å²) in [7, 11) is 0. The number of H-pyrrole nitrogens is 1. The van der Waals surface area contributed by atoms with E-state index in [0.717, 1.165) is 0 Å². The Hall–Kier alpha value is -1.91. The summed E-state index contributed by atoms with van der Waals surface area (Å²) in [6.45, 7) is 0. The molecule has 0 saturated carbocycles. The van der Waals surface area contributed by atoms with Gasteiger partial charge in [-0.05, 0) is 12.2 Å². The zero-order chi connectivity index (χ0) is 8.97. The number of carbonyl (C=O) groups is 2. The first-order valence-corrected chi connectivity index (χ1v) is 3.14. The summed E-state index contributed by atoms with van der Waals surface area (Å²) >= 11 is 0. The average molecular weight is 166 g/mol. The third-order valence-corrected chi connectivity index (χ3v) is 1.24. The van der Waals surface area contributed by atoms with Gasteiger partial charge in [0, 0.05) is 5.56 Å². The van der Waals surface area contributed by atoms with Crippen LogP contribution in [-0.4, -0.2) is 27.6 Å². The predicted octanol–water partition coefficient (Wildman–Crippen LogP) is 0.320. The molecular weight excluding hydrogens is 160 g/mol. The van der Waals surface area contributed by atoms with E-state index >= 15 is 0 Å². The molecule has 0 amide bonds. The van der Waals surface area contributed by atoms with Gasteiger partial charge < -0.3 is 5.11 Å². The van der Waals surface area contributed by atoms with E-state index < -0.39 is 5.97 Å². The second-order valence-electron chi connectivity index (χ2n) is 2.00. The molecule has 0 fully saturated rings. The number of hydrogen-bond acceptors (Lipinski definition) is 3. The second kappa shape index (κ2) is 3.47. The van der Waals surface area contributed by atoms with Gasteiger partial charge in [-0.2, -0.15) is 5.10 Å². The van der Waals surface area contributed by atoms with Crippen LogP contribution in [0.2, 0.25) is 0 Å². The lowest BCUT2D eigenvalue weighted by atomic mass is 10.2. The van der Waals surface area contributed by atoms with Crippen molar-refractivity contribution in [1.82, 2.24) is 10.2 Å². The summed E-state index contributed by atoms with van der Waals surface area (Å²) in [5, 5.41) is 14.4. The number of aromatic amines is 1. The molecule has 1 heterocycles. The third kappa shape index (κ3) is 1.57. The van der Waals surface area contributed by atoms with E-state index in [0.29, 0.717) is 11.8 Å². The van der Waals surface area contributed by atoms with Crippen LogP contribution in [0.4, 0.5) is 0 Å². The van der Waals surface area contributed by atoms with Gasteiger partial charge in [-0.3, -0.25) is 9.89 Å². The smallest absolute Gasteiger partial charge is 0.354 e. The molecule has 0 spiro atoms. The highest BCUT2D eigenvalue weighted by Gasteiger charge is 2.08. The Kier molecular flexibility index (Phi) is 2.37. The van der Waals surface area contributed by atoms with Crippen molar-refractivity contribution in [3.8, 4) is 0 Å². The maximum Gasteiger partial charge on any atom is 0.354 e. The molecule has 0 atom stereocenters. The number of carboxylic acids is 1. The number of aromatic carboxylic acids is 1. The van der Waals surface area contributed by atoms with Gasteiger partial charge in [-0.1, -0.05) is 0 Å². The lowest BCUT2D eigenvalue weighted by Crippen LogP contribution is -1.98. The Balaban J connectivity index is 2.99. The highest BCUT2D eigenvalue weighted by molar-refractivity contribution is 5.90. The Bertz CT molecular complexity index is 327. The molecule has 5 nitrogen and oxygen atoms in total. The first-order valence-electron chi connectivity index (χ1n) is 3.14. The van der Waals surface area contributed by atoms with Crippen LogP contribution in [-0.2, 0) is 4.79 Å². The number of aldehydes is 1. The van der Waals surface area contributed by atoms with Gasteiger partial charge in [0.05, 0.1) is 6.20 Å². The van der Waals surface area contributed by atoms with E-state index in [1.54, 1.807) is 0 Å². The number of carbonyl (C=O) groups excluding carboxylic acids is 1. The van der Waals surface area contributed by atoms with Crippen molar-refractivity contribution in [1.29, 1.82) is 0 Å². The maximum atomic E-state index is 10.5. The van der Waals surface area contributed by atoms with E-state index in [2.05, 4.69) is 10.2 Å². The largest absolute Gasteiger partial charge is 0.477 e. The molecule has 0 aromatic carbocycles. The Morgan fingerprint density at radius 1 is 1.67 bits per heavy atom. The van der Waals surface area contributed by atoms with Crippen LogP contribution in [0.1, 0.15) is 16.1 Å². The van der Waals surface area contributed by atoms with E-state index in [1.165, 1.54) is 18.3 Å². The number of rotatable bonds is 3. The fraction of sp³-hybridized carbons (Fsp3) is 0. The highest BCUT2D eigenvalue weighted by atomic mass is 16.4. The van der Waals surface area contributed by atoms with E-state index in [1.807, 2.05) is 0 Å². The van der Waals surface area contributed by atoms with Crippen LogP contribution in [0.3, 0.4) is 0 Å². The van der Waals surface area contributed by atoms with Crippen LogP contribution in [0.25, 0.3) is 6.08 Å². The predicted molar refractivity (Wildman–Crippen MR) is 40.6 cm³/mol. The minimum atomic E-state index is -1.10.